The molecule has 0 radical (unpaired) electrons. The molecular formula is C12H21N3OS. The molecule has 0 aliphatic heterocycles. The summed E-state index contributed by atoms with van der Waals surface area (Å²) in [7, 11) is 4.00. The van der Waals surface area contributed by atoms with Crippen molar-refractivity contribution in [1.29, 1.82) is 0 Å². The number of amides is 1. The maximum absolute atomic E-state index is 11.9. The highest BCUT2D eigenvalue weighted by Crippen LogP contribution is 2.18. The lowest BCUT2D eigenvalue weighted by molar-refractivity contribution is 0.0956. The van der Waals surface area contributed by atoms with Gasteiger partial charge in [-0.15, -0.1) is 11.3 Å². The molecule has 0 bridgehead atoms. The van der Waals surface area contributed by atoms with Crippen LogP contribution < -0.4 is 5.32 Å². The third-order valence-corrected chi connectivity index (χ3v) is 3.46. The topological polar surface area (TPSA) is 45.2 Å². The second kappa shape index (κ2) is 6.71. The van der Waals surface area contributed by atoms with Crippen molar-refractivity contribution in [3.8, 4) is 0 Å². The summed E-state index contributed by atoms with van der Waals surface area (Å²) < 4.78 is 0. The van der Waals surface area contributed by atoms with Gasteiger partial charge in [-0.3, -0.25) is 4.79 Å². The Kier molecular flexibility index (Phi) is 5.58. The van der Waals surface area contributed by atoms with Crippen LogP contribution >= 0.6 is 11.3 Å². The minimum absolute atomic E-state index is 0.0125. The Bertz CT molecular complexity index is 374. The van der Waals surface area contributed by atoms with E-state index in [4.69, 9.17) is 0 Å². The normalized spacial score (nSPS) is 10.9. The molecule has 1 N–H and O–H groups in total. The molecule has 0 spiro atoms. The highest BCUT2D eigenvalue weighted by molar-refractivity contribution is 7.13. The van der Waals surface area contributed by atoms with Gasteiger partial charge < -0.3 is 10.2 Å². The maximum Gasteiger partial charge on any atom is 0.263 e. The molecule has 17 heavy (non-hydrogen) atoms. The second-order valence-corrected chi connectivity index (χ2v) is 5.45. The number of nitrogens with zero attached hydrogens (tertiary/aromatic N) is 2. The molecule has 0 saturated carbocycles. The zero-order valence-electron chi connectivity index (χ0n) is 11.0. The molecule has 5 heteroatoms. The van der Waals surface area contributed by atoms with Gasteiger partial charge in [0.15, 0.2) is 0 Å². The molecule has 0 aromatic carbocycles. The van der Waals surface area contributed by atoms with Crippen LogP contribution in [0.5, 0.6) is 0 Å². The van der Waals surface area contributed by atoms with Gasteiger partial charge in [-0.05, 0) is 27.4 Å². The average Bonchev–Trinajstić information content (AvgIpc) is 2.58. The Hall–Kier alpha value is -0.940. The van der Waals surface area contributed by atoms with Crippen LogP contribution in [0.2, 0.25) is 0 Å². The van der Waals surface area contributed by atoms with Crippen LogP contribution in [0, 0.1) is 6.92 Å². The van der Waals surface area contributed by atoms with Gasteiger partial charge in [-0.2, -0.15) is 0 Å². The number of aryl methyl sites for hydroxylation is 1. The number of carbonyl (C=O) groups excluding carboxylic acids is 1. The fraction of sp³-hybridized carbons (Fsp3) is 0.667. The molecule has 0 unspecified atom stereocenters. The highest BCUT2D eigenvalue weighted by Gasteiger charge is 2.14. The first-order chi connectivity index (χ1) is 8.04. The Morgan fingerprint density at radius 3 is 2.76 bits per heavy atom. The van der Waals surface area contributed by atoms with Crippen LogP contribution in [0.3, 0.4) is 0 Å². The van der Waals surface area contributed by atoms with Crippen molar-refractivity contribution >= 4 is 17.2 Å². The lowest BCUT2D eigenvalue weighted by atomic mass is 10.3. The Labute approximate surface area is 107 Å². The molecular weight excluding hydrogens is 234 g/mol. The zero-order valence-corrected chi connectivity index (χ0v) is 11.9. The zero-order chi connectivity index (χ0) is 12.8. The Morgan fingerprint density at radius 1 is 1.47 bits per heavy atom. The van der Waals surface area contributed by atoms with Crippen molar-refractivity contribution in [2.75, 3.05) is 20.6 Å². The van der Waals surface area contributed by atoms with Crippen LogP contribution in [0.1, 0.15) is 40.1 Å². The monoisotopic (exact) mass is 255 g/mol. The Balaban J connectivity index is 2.63. The van der Waals surface area contributed by atoms with Crippen molar-refractivity contribution < 1.29 is 4.79 Å². The number of hydrogen-bond donors (Lipinski definition) is 1. The average molecular weight is 255 g/mol. The molecule has 4 nitrogen and oxygen atoms in total. The summed E-state index contributed by atoms with van der Waals surface area (Å²) in [6, 6.07) is 0. The number of carbonyl (C=O) groups is 1. The predicted molar refractivity (Wildman–Crippen MR) is 71.5 cm³/mol. The molecule has 1 amide bonds. The van der Waals surface area contributed by atoms with E-state index in [1.807, 2.05) is 21.0 Å². The van der Waals surface area contributed by atoms with Crippen molar-refractivity contribution in [1.82, 2.24) is 15.2 Å². The lowest BCUT2D eigenvalue weighted by Gasteiger charge is -2.04. The molecule has 0 fully saturated rings. The van der Waals surface area contributed by atoms with E-state index in [9.17, 15) is 4.79 Å². The van der Waals surface area contributed by atoms with Gasteiger partial charge >= 0.3 is 0 Å². The Morgan fingerprint density at radius 2 is 2.18 bits per heavy atom. The summed E-state index contributed by atoms with van der Waals surface area (Å²) >= 11 is 1.49. The minimum Gasteiger partial charge on any atom is -0.351 e. The van der Waals surface area contributed by atoms with E-state index in [0.717, 1.165) is 41.5 Å². The highest BCUT2D eigenvalue weighted by atomic mass is 32.1. The summed E-state index contributed by atoms with van der Waals surface area (Å²) in [5.74, 6) is 0.0125. The van der Waals surface area contributed by atoms with Crippen molar-refractivity contribution in [2.45, 2.75) is 33.2 Å². The third kappa shape index (κ3) is 4.44. The lowest BCUT2D eigenvalue weighted by Crippen LogP contribution is -2.24. The summed E-state index contributed by atoms with van der Waals surface area (Å²) in [6.45, 7) is 5.53. The van der Waals surface area contributed by atoms with Crippen molar-refractivity contribution in [3.05, 3.63) is 15.6 Å². The number of nitrogens with one attached hydrogen (secondary N) is 1. The molecule has 1 rings (SSSR count). The van der Waals surface area contributed by atoms with E-state index in [0.29, 0.717) is 0 Å². The number of thiazole rings is 1. The van der Waals surface area contributed by atoms with Gasteiger partial charge in [0.1, 0.15) is 9.88 Å². The quantitative estimate of drug-likeness (QED) is 0.791. The molecule has 1 heterocycles. The first-order valence-corrected chi connectivity index (χ1v) is 6.75. The SMILES string of the molecule is CCCCNC(=O)c1sc(CN(C)C)nc1C. The number of aromatic nitrogens is 1. The van der Waals surface area contributed by atoms with Crippen LogP contribution in [0.4, 0.5) is 0 Å². The van der Waals surface area contributed by atoms with Crippen molar-refractivity contribution in [2.24, 2.45) is 0 Å². The van der Waals surface area contributed by atoms with Gasteiger partial charge in [-0.25, -0.2) is 4.98 Å². The molecule has 0 atom stereocenters. The predicted octanol–water partition coefficient (Wildman–Crippen LogP) is 2.04. The summed E-state index contributed by atoms with van der Waals surface area (Å²) in [5, 5.41) is 3.92. The van der Waals surface area contributed by atoms with E-state index in [1.54, 1.807) is 0 Å². The molecule has 1 aromatic heterocycles. The van der Waals surface area contributed by atoms with E-state index < -0.39 is 0 Å². The first kappa shape index (κ1) is 14.1. The first-order valence-electron chi connectivity index (χ1n) is 5.93. The van der Waals surface area contributed by atoms with E-state index in [2.05, 4.69) is 22.1 Å². The fourth-order valence-corrected chi connectivity index (χ4v) is 2.56. The molecule has 0 aliphatic rings. The largest absolute Gasteiger partial charge is 0.351 e. The van der Waals surface area contributed by atoms with Crippen LogP contribution in [0.15, 0.2) is 0 Å². The third-order valence-electron chi connectivity index (χ3n) is 2.31. The molecule has 0 aliphatic carbocycles. The maximum atomic E-state index is 11.9. The van der Waals surface area contributed by atoms with Crippen LogP contribution in [-0.4, -0.2) is 36.4 Å². The standard InChI is InChI=1S/C12H21N3OS/c1-5-6-7-13-12(16)11-9(2)14-10(17-11)8-15(3)4/h5-8H2,1-4H3,(H,13,16). The number of hydrogen-bond acceptors (Lipinski definition) is 4. The van der Waals surface area contributed by atoms with E-state index >= 15 is 0 Å². The summed E-state index contributed by atoms with van der Waals surface area (Å²) in [5.41, 5.74) is 0.834. The number of rotatable bonds is 6. The van der Waals surface area contributed by atoms with Gasteiger partial charge in [0.2, 0.25) is 0 Å². The van der Waals surface area contributed by atoms with Gasteiger partial charge in [0, 0.05) is 13.1 Å². The fourth-order valence-electron chi connectivity index (χ4n) is 1.46. The van der Waals surface area contributed by atoms with Gasteiger partial charge in [0.25, 0.3) is 5.91 Å². The van der Waals surface area contributed by atoms with Crippen molar-refractivity contribution in [3.63, 3.8) is 0 Å². The van der Waals surface area contributed by atoms with Gasteiger partial charge in [0.05, 0.1) is 5.69 Å². The summed E-state index contributed by atoms with van der Waals surface area (Å²) in [6.07, 6.45) is 2.11. The second-order valence-electron chi connectivity index (χ2n) is 4.37. The molecule has 1 aromatic rings. The number of unbranched alkanes of at least 4 members (excludes halogenated alkanes) is 1. The smallest absolute Gasteiger partial charge is 0.263 e. The van der Waals surface area contributed by atoms with E-state index in [-0.39, 0.29) is 5.91 Å². The van der Waals surface area contributed by atoms with Crippen LogP contribution in [-0.2, 0) is 6.54 Å². The minimum atomic E-state index is 0.0125. The molecule has 96 valence electrons. The molecule has 0 saturated heterocycles. The van der Waals surface area contributed by atoms with Crippen LogP contribution in [0.25, 0.3) is 0 Å². The summed E-state index contributed by atoms with van der Waals surface area (Å²) in [4.78, 5) is 19.1. The van der Waals surface area contributed by atoms with E-state index in [1.165, 1.54) is 11.3 Å². The van der Waals surface area contributed by atoms with Gasteiger partial charge in [-0.1, -0.05) is 13.3 Å².